The van der Waals surface area contributed by atoms with Crippen molar-refractivity contribution >= 4 is 7.82 Å². The van der Waals surface area contributed by atoms with Gasteiger partial charge in [0.1, 0.15) is 0 Å². The van der Waals surface area contributed by atoms with Gasteiger partial charge in [-0.05, 0) is 0 Å². The Bertz CT molecular complexity index is 162. The molecule has 0 aliphatic rings. The molecule has 0 saturated heterocycles. The van der Waals surface area contributed by atoms with Crippen LogP contribution in [0.4, 0.5) is 0 Å². The summed E-state index contributed by atoms with van der Waals surface area (Å²) in [5.41, 5.74) is 0. The van der Waals surface area contributed by atoms with E-state index in [4.69, 9.17) is 34.6 Å². The van der Waals surface area contributed by atoms with Crippen LogP contribution in [0.25, 0.3) is 0 Å². The van der Waals surface area contributed by atoms with Crippen molar-refractivity contribution in [2.24, 2.45) is 0 Å². The van der Waals surface area contributed by atoms with Crippen molar-refractivity contribution in [2.45, 2.75) is 0 Å². The summed E-state index contributed by atoms with van der Waals surface area (Å²) in [6.45, 7) is 1.75. The molecule has 0 rings (SSSR count). The Labute approximate surface area is 173 Å². The van der Waals surface area contributed by atoms with Crippen LogP contribution < -0.4 is 103 Å². The van der Waals surface area contributed by atoms with Gasteiger partial charge in [0.25, 0.3) is 0 Å². The molecule has 0 amide bonds. The van der Waals surface area contributed by atoms with E-state index >= 15 is 0 Å². The third-order valence-electron chi connectivity index (χ3n) is 1.25. The SMILES string of the molecule is O=P([O-])([O-])[O-].OCCN(CCO)CCO.[Na+].[Na+].[Na+]. The van der Waals surface area contributed by atoms with Crippen molar-refractivity contribution in [3.8, 4) is 0 Å². The fourth-order valence-electron chi connectivity index (χ4n) is 0.760. The number of nitrogens with zero attached hydrogens (tertiary/aromatic N) is 1. The molecule has 0 aromatic rings. The van der Waals surface area contributed by atoms with Gasteiger partial charge in [0.2, 0.25) is 0 Å². The van der Waals surface area contributed by atoms with Gasteiger partial charge in [-0.3, -0.25) is 4.90 Å². The predicted octanol–water partition coefficient (Wildman–Crippen LogP) is -13.5. The van der Waals surface area contributed by atoms with Crippen molar-refractivity contribution < 1.29 is 123 Å². The summed E-state index contributed by atoms with van der Waals surface area (Å²) in [5.74, 6) is 0. The standard InChI is InChI=1S/C6H15NO3.3Na.H3O4P/c8-4-1-7(2-5-9)3-6-10;;;;1-5(2,3)4/h8-10H,1-6H2;;;;(H3,1,2,3,4)/q;3*+1;/p-3. The van der Waals surface area contributed by atoms with Crippen molar-refractivity contribution in [1.29, 1.82) is 0 Å². The van der Waals surface area contributed by atoms with Crippen LogP contribution in [0.3, 0.4) is 0 Å². The molecule has 0 fully saturated rings. The quantitative estimate of drug-likeness (QED) is 0.323. The fraction of sp³-hybridized carbons (Fsp3) is 1.00. The van der Waals surface area contributed by atoms with E-state index in [1.165, 1.54) is 0 Å². The van der Waals surface area contributed by atoms with E-state index in [1.807, 2.05) is 0 Å². The Hall–Kier alpha value is 2.95. The maximum absolute atomic E-state index is 8.55. The Morgan fingerprint density at radius 2 is 0.944 bits per heavy atom. The van der Waals surface area contributed by atoms with Gasteiger partial charge in [0.15, 0.2) is 0 Å². The second-order valence-corrected chi connectivity index (χ2v) is 3.35. The summed E-state index contributed by atoms with van der Waals surface area (Å²) in [6, 6.07) is 0. The molecule has 0 aliphatic carbocycles. The van der Waals surface area contributed by atoms with E-state index in [0.29, 0.717) is 19.6 Å². The summed E-state index contributed by atoms with van der Waals surface area (Å²) < 4.78 is 8.55. The minimum Gasteiger partial charge on any atom is -0.822 e. The van der Waals surface area contributed by atoms with Crippen molar-refractivity contribution in [1.82, 2.24) is 4.90 Å². The monoisotopic (exact) mass is 313 g/mol. The Kier molecular flexibility index (Phi) is 40.5. The summed E-state index contributed by atoms with van der Waals surface area (Å²) >= 11 is 0. The molecule has 0 spiro atoms. The van der Waals surface area contributed by atoms with Gasteiger partial charge in [-0.2, -0.15) is 7.82 Å². The average molecular weight is 313 g/mol. The van der Waals surface area contributed by atoms with Crippen molar-refractivity contribution in [2.75, 3.05) is 39.5 Å². The van der Waals surface area contributed by atoms with E-state index < -0.39 is 7.82 Å². The summed E-state index contributed by atoms with van der Waals surface area (Å²) in [7, 11) is -5.39. The first-order chi connectivity index (χ1) is 6.85. The molecular weight excluding hydrogens is 298 g/mol. The Balaban J connectivity index is -0.0000000621. The van der Waals surface area contributed by atoms with Crippen molar-refractivity contribution in [3.63, 3.8) is 0 Å². The van der Waals surface area contributed by atoms with Gasteiger partial charge in [0.05, 0.1) is 19.8 Å². The third-order valence-corrected chi connectivity index (χ3v) is 1.25. The molecule has 0 aromatic carbocycles. The molecule has 12 heteroatoms. The molecule has 0 aromatic heterocycles. The van der Waals surface area contributed by atoms with Crippen LogP contribution in [0.15, 0.2) is 0 Å². The molecule has 0 bridgehead atoms. The molecule has 3 N–H and O–H groups in total. The predicted molar refractivity (Wildman–Crippen MR) is 45.3 cm³/mol. The minimum absolute atomic E-state index is 0. The maximum Gasteiger partial charge on any atom is 1.00 e. The molecule has 18 heavy (non-hydrogen) atoms. The largest absolute Gasteiger partial charge is 1.00 e. The van der Waals surface area contributed by atoms with Gasteiger partial charge in [0, 0.05) is 19.6 Å². The van der Waals surface area contributed by atoms with Crippen LogP contribution in [-0.4, -0.2) is 59.7 Å². The van der Waals surface area contributed by atoms with Crippen LogP contribution >= 0.6 is 7.82 Å². The van der Waals surface area contributed by atoms with Gasteiger partial charge < -0.3 is 34.6 Å². The van der Waals surface area contributed by atoms with Crippen molar-refractivity contribution in [3.05, 3.63) is 0 Å². The smallest absolute Gasteiger partial charge is 0.822 e. The van der Waals surface area contributed by atoms with Crippen LogP contribution in [0.5, 0.6) is 0 Å². The first-order valence-electron chi connectivity index (χ1n) is 4.13. The van der Waals surface area contributed by atoms with Gasteiger partial charge >= 0.3 is 88.7 Å². The third kappa shape index (κ3) is 42.8. The van der Waals surface area contributed by atoms with Crippen LogP contribution in [-0.2, 0) is 4.57 Å². The molecule has 0 unspecified atom stereocenters. The van der Waals surface area contributed by atoms with E-state index in [9.17, 15) is 0 Å². The zero-order valence-corrected chi connectivity index (χ0v) is 18.0. The summed E-state index contributed by atoms with van der Waals surface area (Å²) in [6.07, 6.45) is 0. The van der Waals surface area contributed by atoms with Gasteiger partial charge in [-0.15, -0.1) is 0 Å². The molecule has 0 atom stereocenters. The molecule has 0 heterocycles. The number of phosphoric acid groups is 1. The molecular formula is C6H15NNa3O7P. The van der Waals surface area contributed by atoms with E-state index in [-0.39, 0.29) is 108 Å². The minimum atomic E-state index is -5.39. The number of hydrogen-bond acceptors (Lipinski definition) is 8. The average Bonchev–Trinajstić information content (AvgIpc) is 2.02. The van der Waals surface area contributed by atoms with Crippen LogP contribution in [0.1, 0.15) is 0 Å². The van der Waals surface area contributed by atoms with Crippen LogP contribution in [0, 0.1) is 0 Å². The van der Waals surface area contributed by atoms with E-state index in [1.54, 1.807) is 4.90 Å². The zero-order valence-electron chi connectivity index (χ0n) is 11.1. The first-order valence-corrected chi connectivity index (χ1v) is 5.59. The molecule has 0 saturated carbocycles. The second-order valence-electron chi connectivity index (χ2n) is 2.46. The van der Waals surface area contributed by atoms with Gasteiger partial charge in [-0.1, -0.05) is 0 Å². The Morgan fingerprint density at radius 1 is 0.778 bits per heavy atom. The summed E-state index contributed by atoms with van der Waals surface area (Å²) in [5, 5.41) is 25.5. The Morgan fingerprint density at radius 3 is 1.06 bits per heavy atom. The molecule has 0 radical (unpaired) electrons. The topological polar surface area (TPSA) is 150 Å². The van der Waals surface area contributed by atoms with E-state index in [0.717, 1.165) is 0 Å². The maximum atomic E-state index is 8.55. The normalized spacial score (nSPS) is 9.28. The second kappa shape index (κ2) is 22.2. The number of hydrogen-bond donors (Lipinski definition) is 3. The van der Waals surface area contributed by atoms with Gasteiger partial charge in [-0.25, -0.2) is 0 Å². The number of aliphatic hydroxyl groups is 3. The molecule has 94 valence electrons. The fourth-order valence-corrected chi connectivity index (χ4v) is 0.760. The summed E-state index contributed by atoms with van der Waals surface area (Å²) in [4.78, 5) is 27.4. The number of aliphatic hydroxyl groups excluding tert-OH is 3. The zero-order chi connectivity index (χ0) is 12.3. The first kappa shape index (κ1) is 32.8. The molecule has 0 aliphatic heterocycles. The molecule has 8 nitrogen and oxygen atoms in total. The van der Waals surface area contributed by atoms with E-state index in [2.05, 4.69) is 0 Å². The van der Waals surface area contributed by atoms with Crippen LogP contribution in [0.2, 0.25) is 0 Å². The number of rotatable bonds is 6.